The quantitative estimate of drug-likeness (QED) is 0.525. The summed E-state index contributed by atoms with van der Waals surface area (Å²) in [4.78, 5) is 14.7. The van der Waals surface area contributed by atoms with Crippen LogP contribution in [0.2, 0.25) is 0 Å². The summed E-state index contributed by atoms with van der Waals surface area (Å²) in [6, 6.07) is 11.2. The maximum absolute atomic E-state index is 13.2. The number of piperidine rings is 1. The van der Waals surface area contributed by atoms with Crippen LogP contribution >= 0.6 is 0 Å². The second-order valence-corrected chi connectivity index (χ2v) is 10.6. The Labute approximate surface area is 190 Å². The Morgan fingerprint density at radius 2 is 1.76 bits per heavy atom. The second-order valence-electron chi connectivity index (χ2n) is 8.66. The minimum Gasteiger partial charge on any atom is -0.341 e. The Morgan fingerprint density at radius 3 is 2.45 bits per heavy atom. The molecule has 0 atom stereocenters. The SMILES string of the molecule is CC1CCN(C(=O)Cn2cc(S(=O)(=O)Cc3cccc(C(F)(F)F)c3)c3ccccc32)CC1. The number of halogens is 3. The number of hydrogen-bond acceptors (Lipinski definition) is 3. The lowest BCUT2D eigenvalue weighted by Crippen LogP contribution is -2.39. The average molecular weight is 479 g/mol. The predicted molar refractivity (Wildman–Crippen MR) is 119 cm³/mol. The van der Waals surface area contributed by atoms with Gasteiger partial charge in [-0.2, -0.15) is 13.2 Å². The molecule has 9 heteroatoms. The van der Waals surface area contributed by atoms with E-state index in [4.69, 9.17) is 0 Å². The Morgan fingerprint density at radius 1 is 1.06 bits per heavy atom. The van der Waals surface area contributed by atoms with Gasteiger partial charge in [0.25, 0.3) is 0 Å². The Bertz CT molecular complexity index is 1270. The number of alkyl halides is 3. The normalized spacial score (nSPS) is 15.8. The third-order valence-electron chi connectivity index (χ3n) is 6.14. The molecule has 4 rings (SSSR count). The van der Waals surface area contributed by atoms with Gasteiger partial charge in [0.05, 0.1) is 16.2 Å². The number of carbonyl (C=O) groups excluding carboxylic acids is 1. The molecule has 5 nitrogen and oxygen atoms in total. The van der Waals surface area contributed by atoms with Gasteiger partial charge in [-0.1, -0.05) is 43.3 Å². The van der Waals surface area contributed by atoms with Crippen LogP contribution in [0.5, 0.6) is 0 Å². The molecular weight excluding hydrogens is 453 g/mol. The summed E-state index contributed by atoms with van der Waals surface area (Å²) >= 11 is 0. The van der Waals surface area contributed by atoms with Crippen molar-refractivity contribution >= 4 is 26.6 Å². The van der Waals surface area contributed by atoms with Crippen molar-refractivity contribution in [3.8, 4) is 0 Å². The molecule has 0 spiro atoms. The number of hydrogen-bond donors (Lipinski definition) is 0. The van der Waals surface area contributed by atoms with Crippen LogP contribution in [-0.4, -0.2) is 36.9 Å². The van der Waals surface area contributed by atoms with E-state index in [9.17, 15) is 26.4 Å². The third kappa shape index (κ3) is 5.08. The fraction of sp³-hybridized carbons (Fsp3) is 0.375. The maximum atomic E-state index is 13.2. The molecule has 176 valence electrons. The summed E-state index contributed by atoms with van der Waals surface area (Å²) in [5, 5.41) is 0.449. The summed E-state index contributed by atoms with van der Waals surface area (Å²) in [6.07, 6.45) is -1.25. The van der Waals surface area contributed by atoms with Crippen LogP contribution in [0.15, 0.2) is 59.6 Å². The largest absolute Gasteiger partial charge is 0.416 e. The Kier molecular flexibility index (Phi) is 6.26. The zero-order valence-corrected chi connectivity index (χ0v) is 19.0. The molecule has 2 heterocycles. The van der Waals surface area contributed by atoms with Crippen molar-refractivity contribution < 1.29 is 26.4 Å². The molecule has 2 aromatic carbocycles. The topological polar surface area (TPSA) is 59.4 Å². The maximum Gasteiger partial charge on any atom is 0.416 e. The molecule has 1 aliphatic heterocycles. The number of likely N-dealkylation sites (tertiary alicyclic amines) is 1. The Balaban J connectivity index is 1.64. The van der Waals surface area contributed by atoms with Gasteiger partial charge in [0.15, 0.2) is 9.84 Å². The number of fused-ring (bicyclic) bond motifs is 1. The van der Waals surface area contributed by atoms with E-state index < -0.39 is 27.3 Å². The van der Waals surface area contributed by atoms with Crippen molar-refractivity contribution in [1.29, 1.82) is 0 Å². The van der Waals surface area contributed by atoms with Crippen molar-refractivity contribution in [2.24, 2.45) is 5.92 Å². The van der Waals surface area contributed by atoms with E-state index in [0.717, 1.165) is 25.0 Å². The molecule has 1 saturated heterocycles. The van der Waals surface area contributed by atoms with E-state index >= 15 is 0 Å². The van der Waals surface area contributed by atoms with Crippen LogP contribution in [0.1, 0.15) is 30.9 Å². The smallest absolute Gasteiger partial charge is 0.341 e. The molecule has 0 saturated carbocycles. The molecular formula is C24H25F3N2O3S. The molecule has 0 bridgehead atoms. The third-order valence-corrected chi connectivity index (χ3v) is 7.85. The number of nitrogens with zero attached hydrogens (tertiary/aromatic N) is 2. The number of para-hydroxylation sites is 1. The fourth-order valence-electron chi connectivity index (χ4n) is 4.23. The van der Waals surface area contributed by atoms with Crippen LogP contribution < -0.4 is 0 Å². The van der Waals surface area contributed by atoms with Gasteiger partial charge in [-0.05, 0) is 36.5 Å². The first-order valence-corrected chi connectivity index (χ1v) is 12.4. The molecule has 1 fully saturated rings. The first-order chi connectivity index (χ1) is 15.5. The molecule has 1 amide bonds. The summed E-state index contributed by atoms with van der Waals surface area (Å²) in [7, 11) is -3.96. The predicted octanol–water partition coefficient (Wildman–Crippen LogP) is 4.89. The minimum atomic E-state index is -4.55. The minimum absolute atomic E-state index is 0.00791. The van der Waals surface area contributed by atoms with Crippen molar-refractivity contribution in [1.82, 2.24) is 9.47 Å². The van der Waals surface area contributed by atoms with E-state index in [1.54, 1.807) is 33.7 Å². The molecule has 33 heavy (non-hydrogen) atoms. The molecule has 0 radical (unpaired) electrons. The number of rotatable bonds is 5. The van der Waals surface area contributed by atoms with Crippen molar-refractivity contribution in [2.75, 3.05) is 13.1 Å². The lowest BCUT2D eigenvalue weighted by Gasteiger charge is -2.30. The lowest BCUT2D eigenvalue weighted by atomic mass is 9.99. The van der Waals surface area contributed by atoms with Gasteiger partial charge in [-0.3, -0.25) is 4.79 Å². The van der Waals surface area contributed by atoms with Gasteiger partial charge in [-0.25, -0.2) is 8.42 Å². The van der Waals surface area contributed by atoms with Crippen molar-refractivity contribution in [2.45, 2.75) is 43.1 Å². The lowest BCUT2D eigenvalue weighted by molar-refractivity contribution is -0.137. The fourth-order valence-corrected chi connectivity index (χ4v) is 5.80. The van der Waals surface area contributed by atoms with E-state index in [1.807, 2.05) is 0 Å². The molecule has 3 aromatic rings. The van der Waals surface area contributed by atoms with E-state index in [-0.39, 0.29) is 22.9 Å². The number of aromatic nitrogens is 1. The summed E-state index contributed by atoms with van der Waals surface area (Å²) in [5.41, 5.74) is -0.238. The number of carbonyl (C=O) groups is 1. The summed E-state index contributed by atoms with van der Waals surface area (Å²) in [6.45, 7) is 3.52. The van der Waals surface area contributed by atoms with Gasteiger partial charge in [0, 0.05) is 30.2 Å². The monoisotopic (exact) mass is 478 g/mol. The number of amides is 1. The molecule has 1 aliphatic rings. The standard InChI is InChI=1S/C24H25F3N2O3S/c1-17-9-11-28(12-10-17)23(30)15-29-14-22(20-7-2-3-8-21(20)29)33(31,32)16-18-5-4-6-19(13-18)24(25,26)27/h2-8,13-14,17H,9-12,15-16H2,1H3. The highest BCUT2D eigenvalue weighted by atomic mass is 32.2. The second kappa shape index (κ2) is 8.85. The number of benzene rings is 2. The average Bonchev–Trinajstić information content (AvgIpc) is 3.13. The van der Waals surface area contributed by atoms with Crippen molar-refractivity contribution in [3.05, 3.63) is 65.9 Å². The van der Waals surface area contributed by atoms with Gasteiger partial charge in [0.1, 0.15) is 6.54 Å². The van der Waals surface area contributed by atoms with E-state index in [2.05, 4.69) is 6.92 Å². The van der Waals surface area contributed by atoms with Gasteiger partial charge < -0.3 is 9.47 Å². The van der Waals surface area contributed by atoms with Crippen LogP contribution in [-0.2, 0) is 33.1 Å². The van der Waals surface area contributed by atoms with Crippen molar-refractivity contribution in [3.63, 3.8) is 0 Å². The summed E-state index contributed by atoms with van der Waals surface area (Å²) in [5.74, 6) is -0.0679. The molecule has 0 unspecified atom stereocenters. The van der Waals surface area contributed by atoms with Crippen LogP contribution in [0.4, 0.5) is 13.2 Å². The highest BCUT2D eigenvalue weighted by Gasteiger charge is 2.31. The Hall–Kier alpha value is -2.81. The first kappa shape index (κ1) is 23.4. The van der Waals surface area contributed by atoms with E-state index in [0.29, 0.717) is 29.9 Å². The number of sulfone groups is 1. The molecule has 1 aromatic heterocycles. The zero-order valence-electron chi connectivity index (χ0n) is 18.2. The highest BCUT2D eigenvalue weighted by molar-refractivity contribution is 7.90. The molecule has 0 aliphatic carbocycles. The van der Waals surface area contributed by atoms with Crippen LogP contribution in [0.3, 0.4) is 0 Å². The van der Waals surface area contributed by atoms with Gasteiger partial charge >= 0.3 is 6.18 Å². The van der Waals surface area contributed by atoms with E-state index in [1.165, 1.54) is 18.3 Å². The van der Waals surface area contributed by atoms with Gasteiger partial charge in [0.2, 0.25) is 5.91 Å². The zero-order chi connectivity index (χ0) is 23.8. The summed E-state index contributed by atoms with van der Waals surface area (Å²) < 4.78 is 67.2. The van der Waals surface area contributed by atoms with Crippen LogP contribution in [0, 0.1) is 5.92 Å². The molecule has 0 N–H and O–H groups in total. The first-order valence-electron chi connectivity index (χ1n) is 10.8. The van der Waals surface area contributed by atoms with Crippen LogP contribution in [0.25, 0.3) is 10.9 Å². The van der Waals surface area contributed by atoms with Gasteiger partial charge in [-0.15, -0.1) is 0 Å². The highest BCUT2D eigenvalue weighted by Crippen LogP contribution is 2.32.